The molecule has 0 unspecified atom stereocenters. The van der Waals surface area contributed by atoms with Crippen LogP contribution in [0.2, 0.25) is 0 Å². The topological polar surface area (TPSA) is 80.7 Å². The largest absolute Gasteiger partial charge is 0.496 e. The number of fused-ring (bicyclic) bond motifs is 3. The molecule has 1 saturated heterocycles. The first-order chi connectivity index (χ1) is 12.6. The van der Waals surface area contributed by atoms with Crippen molar-refractivity contribution in [3.8, 4) is 11.6 Å². The van der Waals surface area contributed by atoms with Crippen LogP contribution < -0.4 is 14.8 Å². The highest BCUT2D eigenvalue weighted by Gasteiger charge is 2.31. The second kappa shape index (κ2) is 7.04. The lowest BCUT2D eigenvalue weighted by atomic mass is 9.91. The highest BCUT2D eigenvalue weighted by atomic mass is 79.9. The minimum atomic E-state index is -0.841. The van der Waals surface area contributed by atoms with Crippen LogP contribution in [0.3, 0.4) is 0 Å². The number of aryl methyl sites for hydroxylation is 2. The van der Waals surface area contributed by atoms with E-state index in [-0.39, 0.29) is 6.10 Å². The van der Waals surface area contributed by atoms with Gasteiger partial charge in [-0.25, -0.2) is 4.98 Å². The second-order valence-corrected chi connectivity index (χ2v) is 7.71. The summed E-state index contributed by atoms with van der Waals surface area (Å²) in [4.78, 5) is 16.0. The zero-order valence-corrected chi connectivity index (χ0v) is 16.1. The summed E-state index contributed by atoms with van der Waals surface area (Å²) in [5, 5.41) is 14.2. The van der Waals surface area contributed by atoms with E-state index in [1.165, 1.54) is 5.56 Å². The fourth-order valence-corrected chi connectivity index (χ4v) is 4.36. The Labute approximate surface area is 160 Å². The van der Waals surface area contributed by atoms with Gasteiger partial charge < -0.3 is 19.9 Å². The van der Waals surface area contributed by atoms with Crippen LogP contribution >= 0.6 is 15.9 Å². The van der Waals surface area contributed by atoms with Gasteiger partial charge in [-0.05, 0) is 64.7 Å². The molecular formula is C19H21BrN2O4. The van der Waals surface area contributed by atoms with Crippen molar-refractivity contribution in [2.75, 3.05) is 13.7 Å². The van der Waals surface area contributed by atoms with Crippen molar-refractivity contribution in [3.05, 3.63) is 27.9 Å². The standard InChI is InChI=1S/C19H21BrN2O4/c1-25-17-8-12-11-4-2-3-5-15(11)22-18(13(12)7-14(17)20)26-10-6-16(19(23)24)21-9-10/h7-8,10,16,21H,2-6,9H2,1H3,(H,23,24)/t10-,16+/m1/s1. The molecule has 26 heavy (non-hydrogen) atoms. The summed E-state index contributed by atoms with van der Waals surface area (Å²) in [5.74, 6) is 0.532. The molecule has 2 aromatic rings. The van der Waals surface area contributed by atoms with Crippen LogP contribution in [0.1, 0.15) is 30.5 Å². The number of hydrogen-bond donors (Lipinski definition) is 2. The SMILES string of the molecule is COc1cc2c3c(nc(O[C@H]4CN[C@H](C(=O)O)C4)c2cc1Br)CCCC3. The number of carbonyl (C=O) groups is 1. The summed E-state index contributed by atoms with van der Waals surface area (Å²) in [7, 11) is 1.66. The lowest BCUT2D eigenvalue weighted by Gasteiger charge is -2.22. The van der Waals surface area contributed by atoms with Crippen LogP contribution in [0.5, 0.6) is 11.6 Å². The quantitative estimate of drug-likeness (QED) is 0.790. The van der Waals surface area contributed by atoms with Crippen molar-refractivity contribution in [2.24, 2.45) is 0 Å². The third kappa shape index (κ3) is 3.14. The van der Waals surface area contributed by atoms with E-state index in [4.69, 9.17) is 19.6 Å². The fraction of sp³-hybridized carbons (Fsp3) is 0.474. The van der Waals surface area contributed by atoms with E-state index in [0.717, 1.165) is 52.4 Å². The van der Waals surface area contributed by atoms with Crippen molar-refractivity contribution < 1.29 is 19.4 Å². The number of nitrogens with one attached hydrogen (secondary N) is 1. The van der Waals surface area contributed by atoms with Crippen molar-refractivity contribution in [2.45, 2.75) is 44.2 Å². The molecule has 0 bridgehead atoms. The highest BCUT2D eigenvalue weighted by molar-refractivity contribution is 9.10. The van der Waals surface area contributed by atoms with Crippen LogP contribution in [-0.4, -0.2) is 41.9 Å². The van der Waals surface area contributed by atoms with Crippen LogP contribution in [0.25, 0.3) is 10.8 Å². The summed E-state index contributed by atoms with van der Waals surface area (Å²) in [6.07, 6.45) is 4.48. The Morgan fingerprint density at radius 1 is 1.31 bits per heavy atom. The third-order valence-electron chi connectivity index (χ3n) is 5.19. The third-order valence-corrected chi connectivity index (χ3v) is 5.81. The molecule has 2 aliphatic rings. The van der Waals surface area contributed by atoms with Crippen molar-refractivity contribution >= 4 is 32.7 Å². The van der Waals surface area contributed by atoms with Gasteiger partial charge in [-0.1, -0.05) is 0 Å². The first kappa shape index (κ1) is 17.5. The van der Waals surface area contributed by atoms with Crippen LogP contribution in [0, 0.1) is 0 Å². The zero-order chi connectivity index (χ0) is 18.3. The Hall–Kier alpha value is -1.86. The van der Waals surface area contributed by atoms with Crippen molar-refractivity contribution in [1.29, 1.82) is 0 Å². The number of methoxy groups -OCH3 is 1. The first-order valence-corrected chi connectivity index (χ1v) is 9.68. The molecule has 0 saturated carbocycles. The Bertz CT molecular complexity index is 870. The Kier molecular flexibility index (Phi) is 4.75. The van der Waals surface area contributed by atoms with Gasteiger partial charge in [-0.3, -0.25) is 4.79 Å². The van der Waals surface area contributed by atoms with E-state index in [2.05, 4.69) is 21.2 Å². The molecule has 4 rings (SSSR count). The van der Waals surface area contributed by atoms with Gasteiger partial charge in [0.25, 0.3) is 0 Å². The number of aromatic nitrogens is 1. The highest BCUT2D eigenvalue weighted by Crippen LogP contribution is 2.39. The maximum atomic E-state index is 11.2. The van der Waals surface area contributed by atoms with E-state index < -0.39 is 12.0 Å². The molecule has 2 atom stereocenters. The molecule has 1 aliphatic carbocycles. The number of hydrogen-bond acceptors (Lipinski definition) is 5. The lowest BCUT2D eigenvalue weighted by Crippen LogP contribution is -2.30. The normalized spacial score (nSPS) is 22.2. The average Bonchev–Trinajstić information content (AvgIpc) is 3.10. The Morgan fingerprint density at radius 2 is 2.12 bits per heavy atom. The van der Waals surface area contributed by atoms with Gasteiger partial charge in [0.15, 0.2) is 0 Å². The molecule has 1 aromatic heterocycles. The fourth-order valence-electron chi connectivity index (χ4n) is 3.85. The first-order valence-electron chi connectivity index (χ1n) is 8.88. The number of ether oxygens (including phenoxy) is 2. The number of halogens is 1. The molecule has 1 aliphatic heterocycles. The number of aliphatic carboxylic acids is 1. The smallest absolute Gasteiger partial charge is 0.320 e. The predicted molar refractivity (Wildman–Crippen MR) is 101 cm³/mol. The van der Waals surface area contributed by atoms with E-state index >= 15 is 0 Å². The number of carboxylic acids is 1. The number of rotatable bonds is 4. The number of carboxylic acid groups (broad SMARTS) is 1. The van der Waals surface area contributed by atoms with E-state index in [9.17, 15) is 4.79 Å². The maximum absolute atomic E-state index is 11.2. The summed E-state index contributed by atoms with van der Waals surface area (Å²) < 4.78 is 12.5. The van der Waals surface area contributed by atoms with Gasteiger partial charge in [0, 0.05) is 24.0 Å². The van der Waals surface area contributed by atoms with Crippen molar-refractivity contribution in [1.82, 2.24) is 10.3 Å². The van der Waals surface area contributed by atoms with Crippen LogP contribution in [0.15, 0.2) is 16.6 Å². The summed E-state index contributed by atoms with van der Waals surface area (Å²) in [6, 6.07) is 3.48. The summed E-state index contributed by atoms with van der Waals surface area (Å²) in [5.41, 5.74) is 2.36. The predicted octanol–water partition coefficient (Wildman–Crippen LogP) is 3.08. The molecule has 2 heterocycles. The molecule has 2 N–H and O–H groups in total. The molecule has 0 amide bonds. The average molecular weight is 421 g/mol. The van der Waals surface area contributed by atoms with Gasteiger partial charge in [-0.15, -0.1) is 0 Å². The van der Waals surface area contributed by atoms with Gasteiger partial charge in [-0.2, -0.15) is 0 Å². The second-order valence-electron chi connectivity index (χ2n) is 6.86. The van der Waals surface area contributed by atoms with Crippen LogP contribution in [-0.2, 0) is 17.6 Å². The Morgan fingerprint density at radius 3 is 2.85 bits per heavy atom. The zero-order valence-electron chi connectivity index (χ0n) is 14.5. The van der Waals surface area contributed by atoms with Gasteiger partial charge in [0.2, 0.25) is 5.88 Å². The minimum Gasteiger partial charge on any atom is -0.496 e. The van der Waals surface area contributed by atoms with E-state index in [1.807, 2.05) is 12.1 Å². The molecular weight excluding hydrogens is 400 g/mol. The molecule has 0 radical (unpaired) electrons. The molecule has 6 nitrogen and oxygen atoms in total. The molecule has 7 heteroatoms. The monoisotopic (exact) mass is 420 g/mol. The lowest BCUT2D eigenvalue weighted by molar-refractivity contribution is -0.139. The van der Waals surface area contributed by atoms with E-state index in [0.29, 0.717) is 18.8 Å². The maximum Gasteiger partial charge on any atom is 0.320 e. The minimum absolute atomic E-state index is 0.200. The van der Waals surface area contributed by atoms with Gasteiger partial charge in [0.05, 0.1) is 11.6 Å². The molecule has 0 spiro atoms. The molecule has 1 fully saturated rings. The molecule has 1 aromatic carbocycles. The number of nitrogens with zero attached hydrogens (tertiary/aromatic N) is 1. The van der Waals surface area contributed by atoms with Crippen LogP contribution in [0.4, 0.5) is 0 Å². The molecule has 138 valence electrons. The number of pyridine rings is 1. The Balaban J connectivity index is 1.76. The van der Waals surface area contributed by atoms with Gasteiger partial charge >= 0.3 is 5.97 Å². The van der Waals surface area contributed by atoms with Crippen molar-refractivity contribution in [3.63, 3.8) is 0 Å². The van der Waals surface area contributed by atoms with E-state index in [1.54, 1.807) is 7.11 Å². The summed E-state index contributed by atoms with van der Waals surface area (Å²) in [6.45, 7) is 0.508. The van der Waals surface area contributed by atoms with Gasteiger partial charge in [0.1, 0.15) is 17.9 Å². The number of benzene rings is 1. The summed E-state index contributed by atoms with van der Waals surface area (Å²) >= 11 is 3.55.